The predicted molar refractivity (Wildman–Crippen MR) is 81.4 cm³/mol. The normalized spacial score (nSPS) is 10.1. The lowest BCUT2D eigenvalue weighted by molar-refractivity contribution is -0.123. The van der Waals surface area contributed by atoms with Crippen LogP contribution in [0.1, 0.15) is 12.5 Å². The average molecular weight is 303 g/mol. The van der Waals surface area contributed by atoms with Crippen molar-refractivity contribution in [1.82, 2.24) is 5.32 Å². The fourth-order valence-corrected chi connectivity index (χ4v) is 1.83. The highest BCUT2D eigenvalue weighted by atomic mass is 19.1. The summed E-state index contributed by atoms with van der Waals surface area (Å²) in [5.74, 6) is 0.677. The first kappa shape index (κ1) is 15.8. The molecule has 1 amide bonds. The standard InChI is InChI=1S/C17H18FNO3/c1-2-21-14-7-9-15(10-8-14)22-12-17(20)19-11-13-5-3-4-6-16(13)18/h3-10H,2,11-12H2,1H3,(H,19,20). The molecule has 0 bridgehead atoms. The molecule has 0 fully saturated rings. The van der Waals surface area contributed by atoms with Gasteiger partial charge in [0.05, 0.1) is 6.61 Å². The molecule has 0 unspecified atom stereocenters. The summed E-state index contributed by atoms with van der Waals surface area (Å²) in [7, 11) is 0. The second-order valence-electron chi connectivity index (χ2n) is 4.56. The summed E-state index contributed by atoms with van der Waals surface area (Å²) in [4.78, 5) is 11.7. The molecular formula is C17H18FNO3. The van der Waals surface area contributed by atoms with E-state index in [1.165, 1.54) is 6.07 Å². The number of amides is 1. The molecule has 116 valence electrons. The van der Waals surface area contributed by atoms with Crippen LogP contribution in [0.4, 0.5) is 4.39 Å². The number of hydrogen-bond acceptors (Lipinski definition) is 3. The molecule has 5 heteroatoms. The quantitative estimate of drug-likeness (QED) is 0.855. The highest BCUT2D eigenvalue weighted by molar-refractivity contribution is 5.77. The molecule has 1 N–H and O–H groups in total. The molecule has 0 aliphatic rings. The van der Waals surface area contributed by atoms with Crippen molar-refractivity contribution in [3.05, 3.63) is 59.9 Å². The summed E-state index contributed by atoms with van der Waals surface area (Å²) in [6.45, 7) is 2.52. The molecule has 0 aliphatic heterocycles. The number of ether oxygens (including phenoxy) is 2. The van der Waals surface area contributed by atoms with E-state index in [4.69, 9.17) is 9.47 Å². The van der Waals surface area contributed by atoms with Gasteiger partial charge in [-0.2, -0.15) is 0 Å². The van der Waals surface area contributed by atoms with Crippen molar-refractivity contribution in [1.29, 1.82) is 0 Å². The Bertz CT molecular complexity index is 614. The Labute approximate surface area is 128 Å². The van der Waals surface area contributed by atoms with E-state index < -0.39 is 0 Å². The molecule has 0 saturated heterocycles. The molecule has 2 aromatic carbocycles. The third kappa shape index (κ3) is 4.77. The largest absolute Gasteiger partial charge is 0.494 e. The number of carbonyl (C=O) groups excluding carboxylic acids is 1. The summed E-state index contributed by atoms with van der Waals surface area (Å²) in [5, 5.41) is 2.61. The van der Waals surface area contributed by atoms with Gasteiger partial charge in [-0.15, -0.1) is 0 Å². The SMILES string of the molecule is CCOc1ccc(OCC(=O)NCc2ccccc2F)cc1. The molecule has 0 spiro atoms. The van der Waals surface area contributed by atoms with Gasteiger partial charge in [-0.1, -0.05) is 18.2 Å². The van der Waals surface area contributed by atoms with Gasteiger partial charge in [0, 0.05) is 12.1 Å². The van der Waals surface area contributed by atoms with Gasteiger partial charge in [-0.05, 0) is 37.3 Å². The number of nitrogens with one attached hydrogen (secondary N) is 1. The lowest BCUT2D eigenvalue weighted by Gasteiger charge is -2.09. The fraction of sp³-hybridized carbons (Fsp3) is 0.235. The molecule has 0 radical (unpaired) electrons. The highest BCUT2D eigenvalue weighted by Gasteiger charge is 2.05. The minimum atomic E-state index is -0.338. The Morgan fingerprint density at radius 1 is 1.05 bits per heavy atom. The maximum atomic E-state index is 13.4. The van der Waals surface area contributed by atoms with Crippen LogP contribution in [0, 0.1) is 5.82 Å². The first-order valence-corrected chi connectivity index (χ1v) is 7.05. The van der Waals surface area contributed by atoms with Gasteiger partial charge in [0.1, 0.15) is 17.3 Å². The molecule has 0 atom stereocenters. The molecule has 2 rings (SSSR count). The number of rotatable bonds is 7. The van der Waals surface area contributed by atoms with Gasteiger partial charge in [-0.3, -0.25) is 4.79 Å². The van der Waals surface area contributed by atoms with Crippen molar-refractivity contribution in [3.8, 4) is 11.5 Å². The number of carbonyl (C=O) groups is 1. The van der Waals surface area contributed by atoms with Crippen molar-refractivity contribution >= 4 is 5.91 Å². The van der Waals surface area contributed by atoms with Crippen LogP contribution in [0.2, 0.25) is 0 Å². The van der Waals surface area contributed by atoms with Crippen LogP contribution in [0.25, 0.3) is 0 Å². The van der Waals surface area contributed by atoms with E-state index >= 15 is 0 Å². The minimum absolute atomic E-state index is 0.123. The first-order valence-electron chi connectivity index (χ1n) is 7.05. The van der Waals surface area contributed by atoms with Gasteiger partial charge in [-0.25, -0.2) is 4.39 Å². The third-order valence-corrected chi connectivity index (χ3v) is 2.94. The van der Waals surface area contributed by atoms with Crippen LogP contribution in [0.5, 0.6) is 11.5 Å². The van der Waals surface area contributed by atoms with E-state index in [0.29, 0.717) is 17.9 Å². The van der Waals surface area contributed by atoms with Crippen LogP contribution in [0.15, 0.2) is 48.5 Å². The Hall–Kier alpha value is -2.56. The topological polar surface area (TPSA) is 47.6 Å². The monoisotopic (exact) mass is 303 g/mol. The molecule has 2 aromatic rings. The summed E-state index contributed by atoms with van der Waals surface area (Å²) in [6, 6.07) is 13.3. The van der Waals surface area contributed by atoms with Gasteiger partial charge in [0.2, 0.25) is 0 Å². The van der Waals surface area contributed by atoms with Gasteiger partial charge < -0.3 is 14.8 Å². The first-order chi connectivity index (χ1) is 10.7. The second kappa shape index (κ2) is 8.02. The fourth-order valence-electron chi connectivity index (χ4n) is 1.83. The average Bonchev–Trinajstić information content (AvgIpc) is 2.54. The molecule has 0 saturated carbocycles. The zero-order chi connectivity index (χ0) is 15.8. The lowest BCUT2D eigenvalue weighted by Crippen LogP contribution is -2.28. The van der Waals surface area contributed by atoms with E-state index in [0.717, 1.165) is 5.75 Å². The Morgan fingerprint density at radius 2 is 1.68 bits per heavy atom. The van der Waals surface area contributed by atoms with Crippen molar-refractivity contribution in [2.45, 2.75) is 13.5 Å². The number of halogens is 1. The minimum Gasteiger partial charge on any atom is -0.494 e. The summed E-state index contributed by atoms with van der Waals surface area (Å²) >= 11 is 0. The zero-order valence-electron chi connectivity index (χ0n) is 12.3. The third-order valence-electron chi connectivity index (χ3n) is 2.94. The van der Waals surface area contributed by atoms with Crippen LogP contribution < -0.4 is 14.8 Å². The molecule has 0 aliphatic carbocycles. The van der Waals surface area contributed by atoms with Gasteiger partial charge >= 0.3 is 0 Å². The van der Waals surface area contributed by atoms with E-state index in [1.807, 2.05) is 6.92 Å². The molecule has 4 nitrogen and oxygen atoms in total. The lowest BCUT2D eigenvalue weighted by atomic mass is 10.2. The molecule has 0 heterocycles. The summed E-state index contributed by atoms with van der Waals surface area (Å²) in [6.07, 6.45) is 0. The summed E-state index contributed by atoms with van der Waals surface area (Å²) < 4.78 is 24.1. The van der Waals surface area contributed by atoms with Crippen LogP contribution >= 0.6 is 0 Å². The molecular weight excluding hydrogens is 285 g/mol. The van der Waals surface area contributed by atoms with Crippen LogP contribution in [-0.4, -0.2) is 19.1 Å². The Morgan fingerprint density at radius 3 is 2.32 bits per heavy atom. The second-order valence-corrected chi connectivity index (χ2v) is 4.56. The number of hydrogen-bond donors (Lipinski definition) is 1. The van der Waals surface area contributed by atoms with E-state index in [2.05, 4.69) is 5.32 Å². The van der Waals surface area contributed by atoms with Gasteiger partial charge in [0.25, 0.3) is 5.91 Å². The molecule has 22 heavy (non-hydrogen) atoms. The van der Waals surface area contributed by atoms with Crippen molar-refractivity contribution in [2.24, 2.45) is 0 Å². The van der Waals surface area contributed by atoms with Crippen LogP contribution in [-0.2, 0) is 11.3 Å². The van der Waals surface area contributed by atoms with Crippen molar-refractivity contribution in [3.63, 3.8) is 0 Å². The zero-order valence-corrected chi connectivity index (χ0v) is 12.3. The molecule has 0 aromatic heterocycles. The Balaban J connectivity index is 1.76. The predicted octanol–water partition coefficient (Wildman–Crippen LogP) is 2.92. The highest BCUT2D eigenvalue weighted by Crippen LogP contribution is 2.17. The maximum absolute atomic E-state index is 13.4. The van der Waals surface area contributed by atoms with E-state index in [9.17, 15) is 9.18 Å². The Kier molecular flexibility index (Phi) is 5.77. The maximum Gasteiger partial charge on any atom is 0.258 e. The van der Waals surface area contributed by atoms with Crippen molar-refractivity contribution in [2.75, 3.05) is 13.2 Å². The van der Waals surface area contributed by atoms with Crippen LogP contribution in [0.3, 0.4) is 0 Å². The smallest absolute Gasteiger partial charge is 0.258 e. The van der Waals surface area contributed by atoms with Crippen molar-refractivity contribution < 1.29 is 18.7 Å². The van der Waals surface area contributed by atoms with E-state index in [1.54, 1.807) is 42.5 Å². The number of benzene rings is 2. The van der Waals surface area contributed by atoms with Gasteiger partial charge in [0.15, 0.2) is 6.61 Å². The van der Waals surface area contributed by atoms with E-state index in [-0.39, 0.29) is 24.9 Å². The summed E-state index contributed by atoms with van der Waals surface area (Å²) in [5.41, 5.74) is 0.442.